The molecule has 118 valence electrons. The van der Waals surface area contributed by atoms with Crippen molar-refractivity contribution in [3.8, 4) is 0 Å². The van der Waals surface area contributed by atoms with Gasteiger partial charge in [-0.05, 0) is 41.2 Å². The molecule has 1 aliphatic heterocycles. The highest BCUT2D eigenvalue weighted by atomic mass is 16.5. The minimum atomic E-state index is -0.602. The maximum absolute atomic E-state index is 12.0. The lowest BCUT2D eigenvalue weighted by Gasteiger charge is -2.39. The molecule has 0 aromatic carbocycles. The van der Waals surface area contributed by atoms with Gasteiger partial charge in [-0.2, -0.15) is 0 Å². The van der Waals surface area contributed by atoms with Gasteiger partial charge in [-0.1, -0.05) is 0 Å². The number of methoxy groups -OCH3 is 1. The van der Waals surface area contributed by atoms with Gasteiger partial charge in [0.05, 0.1) is 7.11 Å². The third-order valence-electron chi connectivity index (χ3n) is 4.21. The maximum atomic E-state index is 12.0. The molecule has 0 spiro atoms. The van der Waals surface area contributed by atoms with Gasteiger partial charge in [0.1, 0.15) is 5.54 Å². The average molecular weight is 285 g/mol. The highest BCUT2D eigenvalue weighted by Crippen LogP contribution is 2.16. The fourth-order valence-electron chi connectivity index (χ4n) is 2.80. The molecule has 1 aliphatic rings. The van der Waals surface area contributed by atoms with Crippen molar-refractivity contribution in [3.63, 3.8) is 0 Å². The van der Waals surface area contributed by atoms with Gasteiger partial charge in [-0.3, -0.25) is 10.1 Å². The maximum Gasteiger partial charge on any atom is 0.325 e. The van der Waals surface area contributed by atoms with Crippen LogP contribution in [0.5, 0.6) is 0 Å². The van der Waals surface area contributed by atoms with E-state index in [0.29, 0.717) is 6.04 Å². The van der Waals surface area contributed by atoms with E-state index in [0.717, 1.165) is 32.6 Å². The summed E-state index contributed by atoms with van der Waals surface area (Å²) in [5.74, 6) is -0.173. The highest BCUT2D eigenvalue weighted by Gasteiger charge is 2.35. The number of esters is 1. The zero-order valence-corrected chi connectivity index (χ0v) is 13.9. The Morgan fingerprint density at radius 3 is 2.60 bits per heavy atom. The Bertz CT molecular complexity index is 322. The molecule has 2 atom stereocenters. The molecule has 1 N–H and O–H groups in total. The Morgan fingerprint density at radius 2 is 2.10 bits per heavy atom. The number of nitrogens with zero attached hydrogens (tertiary/aromatic N) is 2. The molecule has 2 unspecified atom stereocenters. The van der Waals surface area contributed by atoms with Gasteiger partial charge < -0.3 is 14.5 Å². The molecular formula is C15H31N3O2. The van der Waals surface area contributed by atoms with E-state index in [4.69, 9.17) is 4.74 Å². The summed E-state index contributed by atoms with van der Waals surface area (Å²) >= 11 is 0. The first kappa shape index (κ1) is 17.4. The van der Waals surface area contributed by atoms with Crippen molar-refractivity contribution in [2.75, 3.05) is 40.3 Å². The van der Waals surface area contributed by atoms with Crippen molar-refractivity contribution in [2.45, 2.75) is 51.7 Å². The standard InChI is InChI=1S/C15H31N3O2/c1-12(2)16-15(4,14(19)20-6)7-8-18-10-9-17(5)13(3)11-18/h12-13,16H,7-11H2,1-6H3. The second-order valence-corrected chi connectivity index (χ2v) is 6.50. The fourth-order valence-corrected chi connectivity index (χ4v) is 2.80. The van der Waals surface area contributed by atoms with Crippen molar-refractivity contribution in [3.05, 3.63) is 0 Å². The van der Waals surface area contributed by atoms with E-state index in [9.17, 15) is 4.79 Å². The quantitative estimate of drug-likeness (QED) is 0.736. The Hall–Kier alpha value is -0.650. The minimum absolute atomic E-state index is 0.173. The molecule has 0 amide bonds. The summed E-state index contributed by atoms with van der Waals surface area (Å²) in [5.41, 5.74) is -0.602. The molecule has 5 heteroatoms. The van der Waals surface area contributed by atoms with Crippen LogP contribution in [0.3, 0.4) is 0 Å². The Balaban J connectivity index is 2.56. The van der Waals surface area contributed by atoms with Crippen LogP contribution in [0, 0.1) is 0 Å². The van der Waals surface area contributed by atoms with E-state index < -0.39 is 5.54 Å². The van der Waals surface area contributed by atoms with Crippen molar-refractivity contribution in [1.82, 2.24) is 15.1 Å². The third kappa shape index (κ3) is 4.72. The zero-order valence-electron chi connectivity index (χ0n) is 13.9. The van der Waals surface area contributed by atoms with Gasteiger partial charge in [-0.15, -0.1) is 0 Å². The van der Waals surface area contributed by atoms with Crippen LogP contribution in [0.1, 0.15) is 34.1 Å². The summed E-state index contributed by atoms with van der Waals surface area (Å²) < 4.78 is 4.97. The lowest BCUT2D eigenvalue weighted by Crippen LogP contribution is -2.56. The summed E-state index contributed by atoms with van der Waals surface area (Å²) in [6.07, 6.45) is 0.772. The monoisotopic (exact) mass is 285 g/mol. The molecule has 0 saturated carbocycles. The molecular weight excluding hydrogens is 254 g/mol. The molecule has 1 rings (SSSR count). The first-order valence-electron chi connectivity index (χ1n) is 7.57. The number of carbonyl (C=O) groups is 1. The molecule has 0 aromatic heterocycles. The Morgan fingerprint density at radius 1 is 1.45 bits per heavy atom. The van der Waals surface area contributed by atoms with Crippen LogP contribution in [0.25, 0.3) is 0 Å². The van der Waals surface area contributed by atoms with Crippen molar-refractivity contribution < 1.29 is 9.53 Å². The number of hydrogen-bond donors (Lipinski definition) is 1. The van der Waals surface area contributed by atoms with E-state index in [1.54, 1.807) is 0 Å². The number of likely N-dealkylation sites (N-methyl/N-ethyl adjacent to an activating group) is 1. The molecule has 0 aromatic rings. The number of rotatable bonds is 6. The number of ether oxygens (including phenoxy) is 1. The molecule has 1 fully saturated rings. The van der Waals surface area contributed by atoms with Gasteiger partial charge >= 0.3 is 5.97 Å². The van der Waals surface area contributed by atoms with Crippen LogP contribution in [-0.4, -0.2) is 73.7 Å². The Labute approximate surface area is 123 Å². The summed E-state index contributed by atoms with van der Waals surface area (Å²) in [6.45, 7) is 12.4. The van der Waals surface area contributed by atoms with Gasteiger partial charge in [0.25, 0.3) is 0 Å². The van der Waals surface area contributed by atoms with Crippen molar-refractivity contribution >= 4 is 5.97 Å². The second kappa shape index (κ2) is 7.38. The normalized spacial score (nSPS) is 24.6. The number of piperazine rings is 1. The summed E-state index contributed by atoms with van der Waals surface area (Å²) in [4.78, 5) is 16.9. The molecule has 0 radical (unpaired) electrons. The first-order valence-corrected chi connectivity index (χ1v) is 7.57. The average Bonchev–Trinajstić information content (AvgIpc) is 2.38. The smallest absolute Gasteiger partial charge is 0.325 e. The fraction of sp³-hybridized carbons (Fsp3) is 0.933. The second-order valence-electron chi connectivity index (χ2n) is 6.50. The van der Waals surface area contributed by atoms with Gasteiger partial charge in [-0.25, -0.2) is 0 Å². The predicted octanol–water partition coefficient (Wildman–Crippen LogP) is 0.942. The SMILES string of the molecule is COC(=O)C(C)(CCN1CCN(C)C(C)C1)NC(C)C. The van der Waals surface area contributed by atoms with Crippen molar-refractivity contribution in [2.24, 2.45) is 0 Å². The lowest BCUT2D eigenvalue weighted by atomic mass is 9.96. The number of carbonyl (C=O) groups excluding carboxylic acids is 1. The Kier molecular flexibility index (Phi) is 6.43. The van der Waals surface area contributed by atoms with Crippen molar-refractivity contribution in [1.29, 1.82) is 0 Å². The molecule has 0 aliphatic carbocycles. The van der Waals surface area contributed by atoms with Crippen LogP contribution in [0.15, 0.2) is 0 Å². The predicted molar refractivity (Wildman–Crippen MR) is 81.8 cm³/mol. The van der Waals surface area contributed by atoms with Gasteiger partial charge in [0.2, 0.25) is 0 Å². The van der Waals surface area contributed by atoms with Crippen LogP contribution in [0.4, 0.5) is 0 Å². The molecule has 20 heavy (non-hydrogen) atoms. The molecule has 1 heterocycles. The summed E-state index contributed by atoms with van der Waals surface area (Å²) in [7, 11) is 3.63. The highest BCUT2D eigenvalue weighted by molar-refractivity contribution is 5.80. The number of hydrogen-bond acceptors (Lipinski definition) is 5. The van der Waals surface area contributed by atoms with Crippen LogP contribution >= 0.6 is 0 Å². The van der Waals surface area contributed by atoms with Gasteiger partial charge in [0.15, 0.2) is 0 Å². The summed E-state index contributed by atoms with van der Waals surface area (Å²) in [5, 5.41) is 3.35. The van der Waals surface area contributed by atoms with E-state index in [1.165, 1.54) is 7.11 Å². The largest absolute Gasteiger partial charge is 0.468 e. The minimum Gasteiger partial charge on any atom is -0.468 e. The third-order valence-corrected chi connectivity index (χ3v) is 4.21. The van der Waals surface area contributed by atoms with E-state index in [2.05, 4.69) is 42.9 Å². The summed E-state index contributed by atoms with van der Waals surface area (Å²) in [6, 6.07) is 0.830. The molecule has 0 bridgehead atoms. The van der Waals surface area contributed by atoms with Crippen LogP contribution in [0.2, 0.25) is 0 Å². The van der Waals surface area contributed by atoms with Crippen LogP contribution in [-0.2, 0) is 9.53 Å². The van der Waals surface area contributed by atoms with Gasteiger partial charge in [0, 0.05) is 38.3 Å². The van der Waals surface area contributed by atoms with E-state index >= 15 is 0 Å². The molecule has 1 saturated heterocycles. The lowest BCUT2D eigenvalue weighted by molar-refractivity contribution is -0.148. The number of nitrogens with one attached hydrogen (secondary N) is 1. The van der Waals surface area contributed by atoms with E-state index in [-0.39, 0.29) is 12.0 Å². The van der Waals surface area contributed by atoms with E-state index in [1.807, 2.05) is 6.92 Å². The zero-order chi connectivity index (χ0) is 15.3. The topological polar surface area (TPSA) is 44.8 Å². The van der Waals surface area contributed by atoms with Crippen LogP contribution < -0.4 is 5.32 Å². The first-order chi connectivity index (χ1) is 9.28. The molecule has 5 nitrogen and oxygen atoms in total.